The molecule has 0 aliphatic heterocycles. The molecule has 54 heavy (non-hydrogen) atoms. The Morgan fingerprint density at radius 2 is 0.889 bits per heavy atom. The number of aliphatic hydroxyl groups is 2. The molecular formula is C48H93NO5. The van der Waals surface area contributed by atoms with Crippen LogP contribution in [0.3, 0.4) is 0 Å². The van der Waals surface area contributed by atoms with E-state index >= 15 is 0 Å². The summed E-state index contributed by atoms with van der Waals surface area (Å²) in [5, 5.41) is 23.6. The van der Waals surface area contributed by atoms with E-state index in [0.717, 1.165) is 44.9 Å². The van der Waals surface area contributed by atoms with Crippen LogP contribution in [0.4, 0.5) is 0 Å². The third-order valence-corrected chi connectivity index (χ3v) is 11.1. The van der Waals surface area contributed by atoms with Crippen molar-refractivity contribution < 1.29 is 24.5 Å². The Kier molecular flexibility index (Phi) is 41.6. The highest BCUT2D eigenvalue weighted by molar-refractivity contribution is 5.77. The van der Waals surface area contributed by atoms with Crippen molar-refractivity contribution in [1.82, 2.24) is 5.32 Å². The molecule has 6 nitrogen and oxygen atoms in total. The number of carbonyl (C=O) groups excluding carboxylic acids is 2. The number of carbonyl (C=O) groups is 2. The lowest BCUT2D eigenvalue weighted by atomic mass is 10.0. The number of hydrogen-bond acceptors (Lipinski definition) is 5. The molecule has 3 unspecified atom stereocenters. The molecule has 6 heteroatoms. The van der Waals surface area contributed by atoms with E-state index < -0.39 is 18.2 Å². The second-order valence-electron chi connectivity index (χ2n) is 16.5. The molecule has 0 bridgehead atoms. The number of amides is 1. The van der Waals surface area contributed by atoms with Crippen LogP contribution in [0, 0.1) is 0 Å². The second-order valence-corrected chi connectivity index (χ2v) is 16.5. The lowest BCUT2D eigenvalue weighted by Gasteiger charge is -2.24. The highest BCUT2D eigenvalue weighted by atomic mass is 16.5. The summed E-state index contributed by atoms with van der Waals surface area (Å²) < 4.78 is 5.89. The van der Waals surface area contributed by atoms with E-state index in [0.29, 0.717) is 19.3 Å². The summed E-state index contributed by atoms with van der Waals surface area (Å²) in [5.74, 6) is -0.470. The van der Waals surface area contributed by atoms with Crippen molar-refractivity contribution in [3.05, 3.63) is 12.2 Å². The van der Waals surface area contributed by atoms with E-state index in [9.17, 15) is 19.8 Å². The van der Waals surface area contributed by atoms with E-state index in [1.165, 1.54) is 167 Å². The van der Waals surface area contributed by atoms with Gasteiger partial charge in [-0.3, -0.25) is 9.59 Å². The first kappa shape index (κ1) is 52.6. The Morgan fingerprint density at radius 1 is 0.519 bits per heavy atom. The van der Waals surface area contributed by atoms with Gasteiger partial charge in [0.2, 0.25) is 5.91 Å². The SMILES string of the molecule is CCCCCC/C=C\CCCCCCCCCC(=O)OC(CCCCCCCCCC)CC(=O)NC(CO)C(O)CCCCCCCCCCCCCC. The van der Waals surface area contributed by atoms with Crippen LogP contribution in [-0.4, -0.2) is 46.9 Å². The molecule has 0 spiro atoms. The molecule has 320 valence electrons. The molecule has 0 saturated heterocycles. The smallest absolute Gasteiger partial charge is 0.306 e. The third-order valence-electron chi connectivity index (χ3n) is 11.1. The zero-order valence-corrected chi connectivity index (χ0v) is 36.4. The molecule has 0 saturated carbocycles. The van der Waals surface area contributed by atoms with Crippen LogP contribution in [0.25, 0.3) is 0 Å². The van der Waals surface area contributed by atoms with E-state index in [1.54, 1.807) is 0 Å². The van der Waals surface area contributed by atoms with Crippen molar-refractivity contribution in [3.8, 4) is 0 Å². The van der Waals surface area contributed by atoms with Crippen LogP contribution in [0.2, 0.25) is 0 Å². The summed E-state index contributed by atoms with van der Waals surface area (Å²) in [6.07, 6.45) is 45.6. The Balaban J connectivity index is 4.44. The number of ether oxygens (including phenoxy) is 1. The van der Waals surface area contributed by atoms with Crippen molar-refractivity contribution in [1.29, 1.82) is 0 Å². The number of hydrogen-bond donors (Lipinski definition) is 3. The molecule has 3 N–H and O–H groups in total. The third kappa shape index (κ3) is 37.5. The Labute approximate surface area is 336 Å². The van der Waals surface area contributed by atoms with Crippen molar-refractivity contribution >= 4 is 11.9 Å². The fourth-order valence-corrected chi connectivity index (χ4v) is 7.43. The van der Waals surface area contributed by atoms with Crippen molar-refractivity contribution in [3.63, 3.8) is 0 Å². The number of nitrogens with one attached hydrogen (secondary N) is 1. The van der Waals surface area contributed by atoms with Crippen molar-refractivity contribution in [2.75, 3.05) is 6.61 Å². The summed E-state index contributed by atoms with van der Waals surface area (Å²) in [7, 11) is 0. The van der Waals surface area contributed by atoms with Crippen molar-refractivity contribution in [2.24, 2.45) is 0 Å². The number of aliphatic hydroxyl groups excluding tert-OH is 2. The van der Waals surface area contributed by atoms with Crippen LogP contribution in [0.15, 0.2) is 12.2 Å². The second kappa shape index (κ2) is 42.7. The molecule has 3 atom stereocenters. The summed E-state index contributed by atoms with van der Waals surface area (Å²) >= 11 is 0. The molecule has 0 aromatic carbocycles. The predicted molar refractivity (Wildman–Crippen MR) is 232 cm³/mol. The van der Waals surface area contributed by atoms with E-state index in [1.807, 2.05) is 0 Å². The van der Waals surface area contributed by atoms with Gasteiger partial charge in [0, 0.05) is 6.42 Å². The summed E-state index contributed by atoms with van der Waals surface area (Å²) in [5.41, 5.74) is 0. The molecule has 0 aliphatic rings. The van der Waals surface area contributed by atoms with Crippen LogP contribution >= 0.6 is 0 Å². The van der Waals surface area contributed by atoms with E-state index in [4.69, 9.17) is 4.74 Å². The topological polar surface area (TPSA) is 95.9 Å². The zero-order valence-electron chi connectivity index (χ0n) is 36.4. The van der Waals surface area contributed by atoms with Crippen LogP contribution < -0.4 is 5.32 Å². The number of rotatable bonds is 43. The lowest BCUT2D eigenvalue weighted by Crippen LogP contribution is -2.46. The van der Waals surface area contributed by atoms with Crippen LogP contribution in [0.5, 0.6) is 0 Å². The van der Waals surface area contributed by atoms with E-state index in [-0.39, 0.29) is 24.9 Å². The first-order valence-corrected chi connectivity index (χ1v) is 23.9. The van der Waals surface area contributed by atoms with Gasteiger partial charge in [0.25, 0.3) is 0 Å². The predicted octanol–water partition coefficient (Wildman–Crippen LogP) is 13.8. The Bertz CT molecular complexity index is 817. The Hall–Kier alpha value is -1.40. The zero-order chi connectivity index (χ0) is 39.6. The van der Waals surface area contributed by atoms with Crippen LogP contribution in [-0.2, 0) is 14.3 Å². The monoisotopic (exact) mass is 764 g/mol. The average Bonchev–Trinajstić information content (AvgIpc) is 3.16. The van der Waals surface area contributed by atoms with Gasteiger partial charge in [-0.25, -0.2) is 0 Å². The average molecular weight is 764 g/mol. The van der Waals surface area contributed by atoms with Gasteiger partial charge in [-0.15, -0.1) is 0 Å². The molecule has 0 fully saturated rings. The highest BCUT2D eigenvalue weighted by Gasteiger charge is 2.24. The maximum Gasteiger partial charge on any atom is 0.306 e. The first-order chi connectivity index (χ1) is 26.5. The Morgan fingerprint density at radius 3 is 1.33 bits per heavy atom. The molecular weight excluding hydrogens is 671 g/mol. The van der Waals surface area contributed by atoms with Crippen molar-refractivity contribution in [2.45, 2.75) is 277 Å². The van der Waals surface area contributed by atoms with Gasteiger partial charge in [-0.1, -0.05) is 206 Å². The minimum atomic E-state index is -0.780. The fourth-order valence-electron chi connectivity index (χ4n) is 7.43. The molecule has 0 heterocycles. The highest BCUT2D eigenvalue weighted by Crippen LogP contribution is 2.18. The molecule has 0 aromatic heterocycles. The van der Waals surface area contributed by atoms with Crippen LogP contribution in [0.1, 0.15) is 258 Å². The molecule has 0 aliphatic carbocycles. The molecule has 1 amide bonds. The molecule has 0 aromatic rings. The lowest BCUT2D eigenvalue weighted by molar-refractivity contribution is -0.151. The molecule has 0 rings (SSSR count). The van der Waals surface area contributed by atoms with Gasteiger partial charge in [0.1, 0.15) is 6.10 Å². The number of allylic oxidation sites excluding steroid dienone is 2. The number of esters is 1. The first-order valence-electron chi connectivity index (χ1n) is 23.9. The maximum absolute atomic E-state index is 13.1. The quantitative estimate of drug-likeness (QED) is 0.0326. The minimum absolute atomic E-state index is 0.0815. The van der Waals surface area contributed by atoms with Gasteiger partial charge in [-0.2, -0.15) is 0 Å². The minimum Gasteiger partial charge on any atom is -0.462 e. The van der Waals surface area contributed by atoms with E-state index in [2.05, 4.69) is 38.2 Å². The van der Waals surface area contributed by atoms with Gasteiger partial charge >= 0.3 is 5.97 Å². The molecule has 0 radical (unpaired) electrons. The standard InChI is InChI=1S/C48H93NO5/c1-4-7-10-13-16-19-21-23-24-25-27-29-32-35-38-41-48(53)54-44(39-36-33-30-18-15-12-9-6-3)42-47(52)49-45(43-50)46(51)40-37-34-31-28-26-22-20-17-14-11-8-5-2/h19,21,44-46,50-51H,4-18,20,22-43H2,1-3H3,(H,49,52)/b21-19-. The normalized spacial score (nSPS) is 13.4. The largest absolute Gasteiger partial charge is 0.462 e. The summed E-state index contributed by atoms with van der Waals surface area (Å²) in [4.78, 5) is 25.9. The maximum atomic E-state index is 13.1. The van der Waals surface area contributed by atoms with Gasteiger partial charge in [0.15, 0.2) is 0 Å². The summed E-state index contributed by atoms with van der Waals surface area (Å²) in [6.45, 7) is 6.45. The van der Waals surface area contributed by atoms with Gasteiger partial charge in [0.05, 0.1) is 25.2 Å². The van der Waals surface area contributed by atoms with Gasteiger partial charge in [-0.05, 0) is 51.4 Å². The number of unbranched alkanes of at least 4 members (excludes halogenated alkanes) is 29. The fraction of sp³-hybridized carbons (Fsp3) is 0.917. The summed E-state index contributed by atoms with van der Waals surface area (Å²) in [6, 6.07) is -0.693. The van der Waals surface area contributed by atoms with Gasteiger partial charge < -0.3 is 20.3 Å².